The molecule has 22 heavy (non-hydrogen) atoms. The zero-order chi connectivity index (χ0) is 15.2. The lowest BCUT2D eigenvalue weighted by Gasteiger charge is -2.22. The molecule has 1 aliphatic rings. The number of para-hydroxylation sites is 1. The van der Waals surface area contributed by atoms with Gasteiger partial charge in [0.05, 0.1) is 19.0 Å². The number of nitrogens with zero attached hydrogens (tertiary/aromatic N) is 2. The van der Waals surface area contributed by atoms with Gasteiger partial charge < -0.3 is 10.1 Å². The molecule has 1 unspecified atom stereocenters. The Balaban J connectivity index is 1.87. The van der Waals surface area contributed by atoms with Crippen LogP contribution >= 0.6 is 0 Å². The van der Waals surface area contributed by atoms with Crippen molar-refractivity contribution in [2.75, 3.05) is 13.7 Å². The Kier molecular flexibility index (Phi) is 4.68. The van der Waals surface area contributed by atoms with Crippen molar-refractivity contribution in [2.24, 2.45) is 4.99 Å². The molecule has 3 rings (SSSR count). The molecule has 4 heteroatoms. The fraction of sp³-hybridized carbons (Fsp3) is 0.333. The largest absolute Gasteiger partial charge is 0.496 e. The van der Waals surface area contributed by atoms with Gasteiger partial charge >= 0.3 is 0 Å². The number of methoxy groups -OCH3 is 1. The molecule has 0 radical (unpaired) electrons. The second kappa shape index (κ2) is 7.07. The summed E-state index contributed by atoms with van der Waals surface area (Å²) in [5.41, 5.74) is 2.20. The molecule has 1 atom stereocenters. The van der Waals surface area contributed by atoms with Gasteiger partial charge in [0, 0.05) is 36.8 Å². The third kappa shape index (κ3) is 3.45. The van der Waals surface area contributed by atoms with Crippen molar-refractivity contribution in [1.82, 2.24) is 10.3 Å². The highest BCUT2D eigenvalue weighted by molar-refractivity contribution is 5.84. The maximum absolute atomic E-state index is 5.53. The molecule has 1 N–H and O–H groups in total. The van der Waals surface area contributed by atoms with E-state index in [1.54, 1.807) is 7.11 Å². The van der Waals surface area contributed by atoms with Crippen LogP contribution in [0.5, 0.6) is 5.75 Å². The molecule has 0 saturated heterocycles. The van der Waals surface area contributed by atoms with Gasteiger partial charge in [-0.3, -0.25) is 9.98 Å². The van der Waals surface area contributed by atoms with E-state index in [0.29, 0.717) is 0 Å². The summed E-state index contributed by atoms with van der Waals surface area (Å²) in [6, 6.07) is 14.3. The van der Waals surface area contributed by atoms with E-state index in [4.69, 9.17) is 4.74 Å². The Labute approximate surface area is 131 Å². The summed E-state index contributed by atoms with van der Waals surface area (Å²) < 4.78 is 5.53. The Morgan fingerprint density at radius 3 is 2.77 bits per heavy atom. The molecule has 1 aromatic carbocycles. The minimum absolute atomic E-state index is 0.114. The number of hydrogen-bond acceptors (Lipinski definition) is 4. The van der Waals surface area contributed by atoms with E-state index < -0.39 is 0 Å². The van der Waals surface area contributed by atoms with Crippen molar-refractivity contribution in [3.63, 3.8) is 0 Å². The first-order valence-electron chi connectivity index (χ1n) is 7.69. The van der Waals surface area contributed by atoms with Gasteiger partial charge in [-0.2, -0.15) is 0 Å². The highest BCUT2D eigenvalue weighted by Crippen LogP contribution is 2.27. The van der Waals surface area contributed by atoms with Crippen molar-refractivity contribution in [3.8, 4) is 5.75 Å². The predicted octanol–water partition coefficient (Wildman–Crippen LogP) is 3.16. The van der Waals surface area contributed by atoms with Crippen molar-refractivity contribution >= 4 is 5.84 Å². The SMILES string of the molecule is COc1ccccc1C(Cc1ccccn1)NC1=NCCC1. The number of benzene rings is 1. The topological polar surface area (TPSA) is 46.5 Å². The molecule has 0 amide bonds. The monoisotopic (exact) mass is 295 g/mol. The van der Waals surface area contributed by atoms with Crippen molar-refractivity contribution < 1.29 is 4.74 Å². The van der Waals surface area contributed by atoms with Crippen LogP contribution in [0.3, 0.4) is 0 Å². The lowest BCUT2D eigenvalue weighted by molar-refractivity contribution is 0.403. The molecular weight excluding hydrogens is 274 g/mol. The van der Waals surface area contributed by atoms with Crippen molar-refractivity contribution in [1.29, 1.82) is 0 Å². The maximum atomic E-state index is 5.53. The second-order valence-corrected chi connectivity index (χ2v) is 5.40. The van der Waals surface area contributed by atoms with E-state index >= 15 is 0 Å². The van der Waals surface area contributed by atoms with Crippen LogP contribution in [-0.2, 0) is 6.42 Å². The minimum atomic E-state index is 0.114. The number of nitrogens with one attached hydrogen (secondary N) is 1. The van der Waals surface area contributed by atoms with Crippen LogP contribution in [0.1, 0.15) is 30.1 Å². The summed E-state index contributed by atoms with van der Waals surface area (Å²) in [6.07, 6.45) is 4.79. The maximum Gasteiger partial charge on any atom is 0.124 e. The van der Waals surface area contributed by atoms with Gasteiger partial charge in [-0.25, -0.2) is 0 Å². The molecule has 4 nitrogen and oxygen atoms in total. The number of rotatable bonds is 5. The van der Waals surface area contributed by atoms with Crippen molar-refractivity contribution in [2.45, 2.75) is 25.3 Å². The summed E-state index contributed by atoms with van der Waals surface area (Å²) in [6.45, 7) is 0.921. The van der Waals surface area contributed by atoms with Gasteiger partial charge in [0.25, 0.3) is 0 Å². The molecule has 114 valence electrons. The first-order valence-corrected chi connectivity index (χ1v) is 7.69. The van der Waals surface area contributed by atoms with E-state index in [1.165, 1.54) is 0 Å². The number of aromatic nitrogens is 1. The molecule has 0 aliphatic carbocycles. The van der Waals surface area contributed by atoms with Crippen LogP contribution < -0.4 is 10.1 Å². The highest BCUT2D eigenvalue weighted by Gasteiger charge is 2.19. The molecule has 0 bridgehead atoms. The van der Waals surface area contributed by atoms with E-state index in [1.807, 2.05) is 36.5 Å². The summed E-state index contributed by atoms with van der Waals surface area (Å²) in [5, 5.41) is 3.59. The summed E-state index contributed by atoms with van der Waals surface area (Å²) in [7, 11) is 1.71. The number of aliphatic imine (C=N–C) groups is 1. The number of ether oxygens (including phenoxy) is 1. The van der Waals surface area contributed by atoms with Crippen LogP contribution in [0.25, 0.3) is 0 Å². The summed E-state index contributed by atoms with van der Waals surface area (Å²) in [4.78, 5) is 9.00. The second-order valence-electron chi connectivity index (χ2n) is 5.40. The average Bonchev–Trinajstić information content (AvgIpc) is 3.08. The Hall–Kier alpha value is -2.36. The van der Waals surface area contributed by atoms with Gasteiger partial charge in [0.1, 0.15) is 5.75 Å². The lowest BCUT2D eigenvalue weighted by Crippen LogP contribution is -2.29. The van der Waals surface area contributed by atoms with Crippen LogP contribution in [-0.4, -0.2) is 24.5 Å². The normalized spacial score (nSPS) is 15.2. The highest BCUT2D eigenvalue weighted by atomic mass is 16.5. The van der Waals surface area contributed by atoms with Gasteiger partial charge in [-0.15, -0.1) is 0 Å². The number of amidine groups is 1. The van der Waals surface area contributed by atoms with Crippen LogP contribution in [0, 0.1) is 0 Å². The van der Waals surface area contributed by atoms with E-state index in [-0.39, 0.29) is 6.04 Å². The quantitative estimate of drug-likeness (QED) is 0.921. The van der Waals surface area contributed by atoms with E-state index in [9.17, 15) is 0 Å². The van der Waals surface area contributed by atoms with E-state index in [2.05, 4.69) is 27.4 Å². The predicted molar refractivity (Wildman–Crippen MR) is 88.3 cm³/mol. The Bertz CT molecular complexity index is 640. The lowest BCUT2D eigenvalue weighted by atomic mass is 10.00. The van der Waals surface area contributed by atoms with Crippen LogP contribution in [0.15, 0.2) is 53.7 Å². The summed E-state index contributed by atoms with van der Waals surface area (Å²) in [5.74, 6) is 1.99. The van der Waals surface area contributed by atoms with E-state index in [0.717, 1.165) is 48.6 Å². The number of pyridine rings is 1. The molecule has 0 spiro atoms. The Morgan fingerprint density at radius 2 is 2.05 bits per heavy atom. The third-order valence-corrected chi connectivity index (χ3v) is 3.87. The first-order chi connectivity index (χ1) is 10.9. The number of hydrogen-bond donors (Lipinski definition) is 1. The zero-order valence-electron chi connectivity index (χ0n) is 12.8. The molecular formula is C18H21N3O. The smallest absolute Gasteiger partial charge is 0.124 e. The third-order valence-electron chi connectivity index (χ3n) is 3.87. The van der Waals surface area contributed by atoms with Crippen LogP contribution in [0.2, 0.25) is 0 Å². The molecule has 1 aliphatic heterocycles. The van der Waals surface area contributed by atoms with Gasteiger partial charge in [0.2, 0.25) is 0 Å². The van der Waals surface area contributed by atoms with Crippen molar-refractivity contribution in [3.05, 3.63) is 59.9 Å². The average molecular weight is 295 g/mol. The first kappa shape index (κ1) is 14.6. The molecule has 2 heterocycles. The molecule has 0 saturated carbocycles. The molecule has 0 fully saturated rings. The van der Waals surface area contributed by atoms with Crippen LogP contribution in [0.4, 0.5) is 0 Å². The minimum Gasteiger partial charge on any atom is -0.496 e. The molecule has 1 aromatic heterocycles. The van der Waals surface area contributed by atoms with Gasteiger partial charge in [0.15, 0.2) is 0 Å². The standard InChI is InChI=1S/C18H21N3O/c1-22-17-9-3-2-8-15(17)16(21-18-10-6-12-20-18)13-14-7-4-5-11-19-14/h2-5,7-9,11,16H,6,10,12-13H2,1H3,(H,20,21). The fourth-order valence-corrected chi connectivity index (χ4v) is 2.78. The summed E-state index contributed by atoms with van der Waals surface area (Å²) >= 11 is 0. The zero-order valence-corrected chi connectivity index (χ0v) is 12.8. The van der Waals surface area contributed by atoms with Gasteiger partial charge in [-0.05, 0) is 24.6 Å². The van der Waals surface area contributed by atoms with Gasteiger partial charge in [-0.1, -0.05) is 24.3 Å². The Morgan fingerprint density at radius 1 is 1.18 bits per heavy atom. The molecule has 2 aromatic rings. The fourth-order valence-electron chi connectivity index (χ4n) is 2.78.